The van der Waals surface area contributed by atoms with Gasteiger partial charge in [-0.1, -0.05) is 19.1 Å². The van der Waals surface area contributed by atoms with E-state index in [-0.39, 0.29) is 11.5 Å². The number of rotatable bonds is 5. The van der Waals surface area contributed by atoms with E-state index in [2.05, 4.69) is 10.3 Å². The van der Waals surface area contributed by atoms with Gasteiger partial charge >= 0.3 is 0 Å². The molecule has 1 heterocycles. The van der Waals surface area contributed by atoms with E-state index < -0.39 is 0 Å². The molecule has 0 aliphatic carbocycles. The molecule has 0 spiro atoms. The van der Waals surface area contributed by atoms with Crippen LogP contribution in [0.25, 0.3) is 10.9 Å². The number of nitrogens with zero attached hydrogens (tertiary/aromatic N) is 1. The summed E-state index contributed by atoms with van der Waals surface area (Å²) in [5, 5.41) is 3.33. The third kappa shape index (κ3) is 3.52. The van der Waals surface area contributed by atoms with Gasteiger partial charge in [0.25, 0.3) is 11.5 Å². The third-order valence-corrected chi connectivity index (χ3v) is 4.34. The number of ether oxygens (including phenoxy) is 1. The van der Waals surface area contributed by atoms with Crippen LogP contribution in [0.5, 0.6) is 5.75 Å². The fraction of sp³-hybridized carbons (Fsp3) is 0.211. The maximum Gasteiger partial charge on any atom is 0.261 e. The van der Waals surface area contributed by atoms with E-state index in [0.29, 0.717) is 39.3 Å². The molecule has 0 atom stereocenters. The second kappa shape index (κ2) is 7.53. The van der Waals surface area contributed by atoms with E-state index in [1.54, 1.807) is 31.3 Å². The van der Waals surface area contributed by atoms with Gasteiger partial charge in [-0.25, -0.2) is 0 Å². The molecule has 0 aliphatic heterocycles. The van der Waals surface area contributed by atoms with Crippen molar-refractivity contribution in [3.05, 3.63) is 63.2 Å². The number of hydrogen-bond acceptors (Lipinski definition) is 4. The molecule has 7 heteroatoms. The lowest BCUT2D eigenvalue weighted by Crippen LogP contribution is -2.19. The van der Waals surface area contributed by atoms with Crippen LogP contribution < -0.4 is 15.6 Å². The Kier molecular flexibility index (Phi) is 5.18. The average molecular weight is 369 g/mol. The van der Waals surface area contributed by atoms with Crippen molar-refractivity contribution in [2.24, 2.45) is 7.05 Å². The zero-order chi connectivity index (χ0) is 18.7. The number of fused-ring (bicyclic) bond motifs is 1. The quantitative estimate of drug-likeness (QED) is 0.673. The lowest BCUT2D eigenvalue weighted by Gasteiger charge is -2.12. The predicted octanol–water partition coefficient (Wildman–Crippen LogP) is 3.64. The first-order valence-corrected chi connectivity index (χ1v) is 8.68. The topological polar surface area (TPSA) is 76.1 Å². The number of hydrogen-bond donors (Lipinski definition) is 2. The van der Waals surface area contributed by atoms with Crippen LogP contribution in [0.1, 0.15) is 23.7 Å². The summed E-state index contributed by atoms with van der Waals surface area (Å²) >= 11 is 5.13. The Balaban J connectivity index is 1.93. The van der Waals surface area contributed by atoms with Crippen LogP contribution >= 0.6 is 12.2 Å². The summed E-state index contributed by atoms with van der Waals surface area (Å²) in [5.74, 6) is 0.330. The van der Waals surface area contributed by atoms with Crippen molar-refractivity contribution in [2.75, 3.05) is 11.9 Å². The summed E-state index contributed by atoms with van der Waals surface area (Å²) in [4.78, 5) is 27.8. The normalized spacial score (nSPS) is 10.7. The molecule has 2 aromatic carbocycles. The lowest BCUT2D eigenvalue weighted by atomic mass is 10.1. The summed E-state index contributed by atoms with van der Waals surface area (Å²) < 4.78 is 7.32. The number of amides is 1. The van der Waals surface area contributed by atoms with Gasteiger partial charge < -0.3 is 15.0 Å². The van der Waals surface area contributed by atoms with Crippen molar-refractivity contribution >= 4 is 34.7 Å². The lowest BCUT2D eigenvalue weighted by molar-refractivity contribution is 0.102. The first kappa shape index (κ1) is 17.9. The predicted molar refractivity (Wildman–Crippen MR) is 105 cm³/mol. The fourth-order valence-corrected chi connectivity index (χ4v) is 2.74. The second-order valence-corrected chi connectivity index (χ2v) is 6.24. The Labute approximate surface area is 155 Å². The van der Waals surface area contributed by atoms with Gasteiger partial charge in [-0.3, -0.25) is 14.2 Å². The van der Waals surface area contributed by atoms with Crippen molar-refractivity contribution in [1.82, 2.24) is 9.55 Å². The minimum Gasteiger partial charge on any atom is -0.491 e. The Hall–Kier alpha value is -2.93. The van der Waals surface area contributed by atoms with Crippen LogP contribution in [0.3, 0.4) is 0 Å². The SMILES string of the molecule is CCCOc1ccccc1NC(=O)c1ccc2c(=O)n(C)c(=S)[nH]c2c1. The van der Waals surface area contributed by atoms with Crippen LogP contribution in [0.15, 0.2) is 47.3 Å². The highest BCUT2D eigenvalue weighted by atomic mass is 32.1. The van der Waals surface area contributed by atoms with Crippen LogP contribution in [0.4, 0.5) is 5.69 Å². The maximum absolute atomic E-state index is 12.6. The highest BCUT2D eigenvalue weighted by Gasteiger charge is 2.12. The molecule has 2 N–H and O–H groups in total. The van der Waals surface area contributed by atoms with Crippen LogP contribution in [0, 0.1) is 4.77 Å². The van der Waals surface area contributed by atoms with Crippen molar-refractivity contribution in [3.63, 3.8) is 0 Å². The van der Waals surface area contributed by atoms with Gasteiger partial charge in [-0.15, -0.1) is 0 Å². The first-order valence-electron chi connectivity index (χ1n) is 8.27. The van der Waals surface area contributed by atoms with Gasteiger partial charge in [0.05, 0.1) is 23.2 Å². The molecule has 0 saturated carbocycles. The molecule has 0 saturated heterocycles. The van der Waals surface area contributed by atoms with E-state index >= 15 is 0 Å². The van der Waals surface area contributed by atoms with E-state index in [9.17, 15) is 9.59 Å². The average Bonchev–Trinajstić information content (AvgIpc) is 2.65. The van der Waals surface area contributed by atoms with Crippen molar-refractivity contribution in [2.45, 2.75) is 13.3 Å². The molecule has 134 valence electrons. The number of nitrogens with one attached hydrogen (secondary N) is 2. The van der Waals surface area contributed by atoms with Crippen molar-refractivity contribution in [1.29, 1.82) is 0 Å². The van der Waals surface area contributed by atoms with Gasteiger partial charge in [0.2, 0.25) is 0 Å². The third-order valence-electron chi connectivity index (χ3n) is 3.96. The van der Waals surface area contributed by atoms with E-state index in [1.165, 1.54) is 4.57 Å². The largest absolute Gasteiger partial charge is 0.491 e. The molecule has 0 aliphatic rings. The molecule has 26 heavy (non-hydrogen) atoms. The molecular formula is C19H19N3O3S. The van der Waals surface area contributed by atoms with Crippen molar-refractivity contribution in [3.8, 4) is 5.75 Å². The van der Waals surface area contributed by atoms with Crippen LogP contribution in [-0.2, 0) is 7.05 Å². The number of H-pyrrole nitrogens is 1. The number of anilines is 1. The molecule has 0 fully saturated rings. The highest BCUT2D eigenvalue weighted by molar-refractivity contribution is 7.71. The van der Waals surface area contributed by atoms with E-state index in [1.807, 2.05) is 25.1 Å². The summed E-state index contributed by atoms with van der Waals surface area (Å²) in [6.07, 6.45) is 0.876. The minimum atomic E-state index is -0.292. The maximum atomic E-state index is 12.6. The Morgan fingerprint density at radius 2 is 2.04 bits per heavy atom. The Morgan fingerprint density at radius 3 is 2.81 bits per heavy atom. The summed E-state index contributed by atoms with van der Waals surface area (Å²) in [5.41, 5.74) is 1.35. The van der Waals surface area contributed by atoms with Crippen LogP contribution in [-0.4, -0.2) is 22.1 Å². The van der Waals surface area contributed by atoms with Crippen LogP contribution in [0.2, 0.25) is 0 Å². The summed E-state index contributed by atoms with van der Waals surface area (Å²) in [6, 6.07) is 12.1. The Morgan fingerprint density at radius 1 is 1.27 bits per heavy atom. The zero-order valence-electron chi connectivity index (χ0n) is 14.5. The zero-order valence-corrected chi connectivity index (χ0v) is 15.4. The van der Waals surface area contributed by atoms with Gasteiger partial charge in [-0.05, 0) is 49.0 Å². The molecule has 0 bridgehead atoms. The number of benzene rings is 2. The number of aromatic amines is 1. The molecular weight excluding hydrogens is 350 g/mol. The standard InChI is InChI=1S/C19H19N3O3S/c1-3-10-25-16-7-5-4-6-14(16)20-17(23)12-8-9-13-15(11-12)21-19(26)22(2)18(13)24/h4-9,11H,3,10H2,1-2H3,(H,20,23)(H,21,26). The summed E-state index contributed by atoms with van der Waals surface area (Å²) in [7, 11) is 1.61. The van der Waals surface area contributed by atoms with E-state index in [4.69, 9.17) is 17.0 Å². The minimum absolute atomic E-state index is 0.200. The van der Waals surface area contributed by atoms with Gasteiger partial charge in [0, 0.05) is 12.6 Å². The number of carbonyl (C=O) groups excluding carboxylic acids is 1. The molecule has 3 rings (SSSR count). The molecule has 6 nitrogen and oxygen atoms in total. The fourth-order valence-electron chi connectivity index (χ4n) is 2.55. The molecule has 3 aromatic rings. The molecule has 0 radical (unpaired) electrons. The first-order chi connectivity index (χ1) is 12.5. The van der Waals surface area contributed by atoms with Crippen molar-refractivity contribution < 1.29 is 9.53 Å². The van der Waals surface area contributed by atoms with E-state index in [0.717, 1.165) is 6.42 Å². The number of para-hydroxylation sites is 2. The highest BCUT2D eigenvalue weighted by Crippen LogP contribution is 2.24. The van der Waals surface area contributed by atoms with Gasteiger partial charge in [-0.2, -0.15) is 0 Å². The summed E-state index contributed by atoms with van der Waals surface area (Å²) in [6.45, 7) is 2.59. The molecule has 0 unspecified atom stereocenters. The molecule has 1 aromatic heterocycles. The Bertz CT molecular complexity index is 1090. The van der Waals surface area contributed by atoms with Gasteiger partial charge in [0.1, 0.15) is 5.75 Å². The van der Waals surface area contributed by atoms with Gasteiger partial charge in [0.15, 0.2) is 4.77 Å². The second-order valence-electron chi connectivity index (χ2n) is 5.85. The number of aromatic nitrogens is 2. The number of carbonyl (C=O) groups is 1. The smallest absolute Gasteiger partial charge is 0.261 e. The molecule has 1 amide bonds. The monoisotopic (exact) mass is 369 g/mol.